The minimum atomic E-state index is -0.660. The van der Waals surface area contributed by atoms with E-state index in [-0.39, 0.29) is 55.6 Å². The number of hydrogen-bond acceptors (Lipinski definition) is 6. The summed E-state index contributed by atoms with van der Waals surface area (Å²) in [5.74, 6) is -1.24. The van der Waals surface area contributed by atoms with Gasteiger partial charge in [0, 0.05) is 12.1 Å². The van der Waals surface area contributed by atoms with Crippen molar-refractivity contribution in [3.05, 3.63) is 23.5 Å². The van der Waals surface area contributed by atoms with E-state index in [2.05, 4.69) is 0 Å². The molecule has 0 radical (unpaired) electrons. The Morgan fingerprint density at radius 3 is 2.14 bits per heavy atom. The van der Waals surface area contributed by atoms with Gasteiger partial charge in [-0.15, -0.1) is 0 Å². The van der Waals surface area contributed by atoms with Gasteiger partial charge in [0.05, 0.1) is 13.2 Å². The summed E-state index contributed by atoms with van der Waals surface area (Å²) in [6.45, 7) is 2.58. The maximum absolute atomic E-state index is 14.4. The number of ether oxygens (including phenoxy) is 5. The summed E-state index contributed by atoms with van der Waals surface area (Å²) in [7, 11) is 0. The Kier molecular flexibility index (Phi) is 10.3. The van der Waals surface area contributed by atoms with Gasteiger partial charge in [0.2, 0.25) is 0 Å². The van der Waals surface area contributed by atoms with Crippen molar-refractivity contribution in [3.8, 4) is 11.5 Å². The van der Waals surface area contributed by atoms with Crippen molar-refractivity contribution in [2.45, 2.75) is 44.6 Å². The van der Waals surface area contributed by atoms with Crippen molar-refractivity contribution in [1.82, 2.24) is 0 Å². The lowest BCUT2D eigenvalue weighted by atomic mass is 9.98. The minimum absolute atomic E-state index is 0.0136. The van der Waals surface area contributed by atoms with Gasteiger partial charge in [0.1, 0.15) is 42.3 Å². The molecule has 0 amide bonds. The Bertz CT molecular complexity index is 652. The number of alkyl halides is 2. The van der Waals surface area contributed by atoms with Gasteiger partial charge < -0.3 is 23.7 Å². The first kappa shape index (κ1) is 24.0. The molecule has 0 aliphatic heterocycles. The van der Waals surface area contributed by atoms with Gasteiger partial charge in [-0.3, -0.25) is 0 Å². The third-order valence-electron chi connectivity index (χ3n) is 4.85. The fourth-order valence-electron chi connectivity index (χ4n) is 3.25. The number of rotatable bonds is 13. The largest absolute Gasteiger partial charge is 0.490 e. The Labute approximate surface area is 180 Å². The lowest BCUT2D eigenvalue weighted by molar-refractivity contribution is -0.0176. The average Bonchev–Trinajstić information content (AvgIpc) is 3.18. The molecule has 1 aromatic rings. The molecule has 0 heterocycles. The molecular formula is C20H27Cl2FO6. The number of benzene rings is 1. The molecule has 1 aliphatic carbocycles. The van der Waals surface area contributed by atoms with Crippen molar-refractivity contribution in [1.29, 1.82) is 0 Å². The van der Waals surface area contributed by atoms with Gasteiger partial charge >= 0.3 is 5.97 Å². The highest BCUT2D eigenvalue weighted by Gasteiger charge is 2.37. The van der Waals surface area contributed by atoms with Crippen LogP contribution in [-0.2, 0) is 14.2 Å². The highest BCUT2D eigenvalue weighted by molar-refractivity contribution is 6.17. The second-order valence-electron chi connectivity index (χ2n) is 6.64. The zero-order chi connectivity index (χ0) is 21.1. The number of hydrogen-bond donors (Lipinski definition) is 0. The lowest BCUT2D eigenvalue weighted by Crippen LogP contribution is -2.31. The van der Waals surface area contributed by atoms with Gasteiger partial charge in [-0.25, -0.2) is 9.18 Å². The van der Waals surface area contributed by atoms with E-state index in [1.807, 2.05) is 6.92 Å². The van der Waals surface area contributed by atoms with Crippen LogP contribution in [0.25, 0.3) is 0 Å². The minimum Gasteiger partial charge on any atom is -0.490 e. The van der Waals surface area contributed by atoms with E-state index in [0.29, 0.717) is 0 Å². The molecule has 0 atom stereocenters. The molecule has 29 heavy (non-hydrogen) atoms. The van der Waals surface area contributed by atoms with Crippen molar-refractivity contribution in [2.75, 3.05) is 38.6 Å². The Morgan fingerprint density at radius 2 is 1.59 bits per heavy atom. The van der Waals surface area contributed by atoms with Crippen molar-refractivity contribution in [3.63, 3.8) is 0 Å². The van der Waals surface area contributed by atoms with Crippen LogP contribution in [0.4, 0.5) is 4.39 Å². The third-order valence-corrected chi connectivity index (χ3v) is 5.16. The summed E-state index contributed by atoms with van der Waals surface area (Å²) in [4.78, 5) is 12.9. The second kappa shape index (κ2) is 12.4. The van der Waals surface area contributed by atoms with Gasteiger partial charge in [-0.1, -0.05) is 30.1 Å². The molecule has 1 fully saturated rings. The summed E-state index contributed by atoms with van der Waals surface area (Å²) in [6.07, 6.45) is 4.38. The summed E-state index contributed by atoms with van der Waals surface area (Å²) in [5, 5.41) is 0. The zero-order valence-corrected chi connectivity index (χ0v) is 18.0. The Hall–Kier alpha value is -1.28. The number of carbonyl (C=O) groups is 1. The first-order chi connectivity index (χ1) is 14.0. The first-order valence-electron chi connectivity index (χ1n) is 9.65. The smallest absolute Gasteiger partial charge is 0.342 e. The normalized spacial score (nSPS) is 15.3. The molecule has 0 bridgehead atoms. The number of halogens is 3. The van der Waals surface area contributed by atoms with E-state index < -0.39 is 17.4 Å². The van der Waals surface area contributed by atoms with Crippen LogP contribution in [-0.4, -0.2) is 50.1 Å². The van der Waals surface area contributed by atoms with Crippen LogP contribution in [0, 0.1) is 5.82 Å². The Morgan fingerprint density at radius 1 is 1.00 bits per heavy atom. The van der Waals surface area contributed by atoms with Crippen LogP contribution in [0.3, 0.4) is 0 Å². The van der Waals surface area contributed by atoms with E-state index in [9.17, 15) is 9.18 Å². The van der Waals surface area contributed by atoms with E-state index in [4.69, 9.17) is 46.9 Å². The highest BCUT2D eigenvalue weighted by atomic mass is 35.5. The van der Waals surface area contributed by atoms with Crippen molar-refractivity contribution >= 4 is 29.2 Å². The quantitative estimate of drug-likeness (QED) is 0.241. The molecule has 1 aliphatic rings. The predicted octanol–water partition coefficient (Wildman–Crippen LogP) is 4.89. The van der Waals surface area contributed by atoms with Crippen LogP contribution in [0.15, 0.2) is 12.1 Å². The molecule has 1 saturated carbocycles. The lowest BCUT2D eigenvalue weighted by Gasteiger charge is -2.28. The molecule has 2 rings (SSSR count). The van der Waals surface area contributed by atoms with Crippen LogP contribution in [0.1, 0.15) is 49.4 Å². The maximum Gasteiger partial charge on any atom is 0.342 e. The van der Waals surface area contributed by atoms with E-state index in [1.165, 1.54) is 6.07 Å². The number of carbonyl (C=O) groups excluding carboxylic acids is 1. The van der Waals surface area contributed by atoms with Gasteiger partial charge in [0.25, 0.3) is 0 Å². The van der Waals surface area contributed by atoms with Crippen LogP contribution >= 0.6 is 23.2 Å². The summed E-state index contributed by atoms with van der Waals surface area (Å²) in [6, 6.07) is 2.44. The molecule has 0 N–H and O–H groups in total. The molecule has 0 unspecified atom stereocenters. The molecule has 6 nitrogen and oxygen atoms in total. The van der Waals surface area contributed by atoms with Crippen LogP contribution in [0.2, 0.25) is 0 Å². The SMILES string of the molecule is CCC1(OC(=O)c2cc(OCCOCCl)c(F)cc2OCCOCCl)CCCC1. The van der Waals surface area contributed by atoms with E-state index in [0.717, 1.165) is 38.2 Å². The van der Waals surface area contributed by atoms with Crippen LogP contribution < -0.4 is 9.47 Å². The van der Waals surface area contributed by atoms with Gasteiger partial charge in [-0.05, 0) is 32.1 Å². The summed E-state index contributed by atoms with van der Waals surface area (Å²) < 4.78 is 41.2. The standard InChI is InChI=1S/C20H27Cl2FO6/c1-2-20(5-3-4-6-20)29-19(24)15-11-18(28-10-8-26-14-22)16(23)12-17(15)27-9-7-25-13-21/h11-12H,2-10,13-14H2,1H3. The molecule has 164 valence electrons. The third kappa shape index (κ3) is 7.17. The second-order valence-corrected chi connectivity index (χ2v) is 7.08. The molecule has 0 aromatic heterocycles. The fourth-order valence-corrected chi connectivity index (χ4v) is 3.47. The van der Waals surface area contributed by atoms with E-state index >= 15 is 0 Å². The maximum atomic E-state index is 14.4. The van der Waals surface area contributed by atoms with Crippen molar-refractivity contribution < 1.29 is 32.9 Å². The zero-order valence-electron chi connectivity index (χ0n) is 16.5. The number of esters is 1. The predicted molar refractivity (Wildman–Crippen MR) is 108 cm³/mol. The van der Waals surface area contributed by atoms with Gasteiger partial charge in [-0.2, -0.15) is 0 Å². The molecule has 0 saturated heterocycles. The van der Waals surface area contributed by atoms with Crippen LogP contribution in [0.5, 0.6) is 11.5 Å². The molecular weight excluding hydrogens is 426 g/mol. The molecule has 9 heteroatoms. The average molecular weight is 453 g/mol. The van der Waals surface area contributed by atoms with Crippen molar-refractivity contribution in [2.24, 2.45) is 0 Å². The Balaban J connectivity index is 2.19. The highest BCUT2D eigenvalue weighted by Crippen LogP contribution is 2.38. The fraction of sp³-hybridized carbons (Fsp3) is 0.650. The van der Waals surface area contributed by atoms with Gasteiger partial charge in [0.15, 0.2) is 11.6 Å². The topological polar surface area (TPSA) is 63.2 Å². The first-order valence-corrected chi connectivity index (χ1v) is 10.7. The molecule has 0 spiro atoms. The van der Waals surface area contributed by atoms with E-state index in [1.54, 1.807) is 0 Å². The monoisotopic (exact) mass is 452 g/mol. The molecule has 1 aromatic carbocycles. The summed E-state index contributed by atoms with van der Waals surface area (Å²) in [5.41, 5.74) is -0.384. The summed E-state index contributed by atoms with van der Waals surface area (Å²) >= 11 is 10.9.